The van der Waals surface area contributed by atoms with Crippen LogP contribution in [0.3, 0.4) is 0 Å². The first kappa shape index (κ1) is 15.7. The number of nitrogens with zero attached hydrogens (tertiary/aromatic N) is 1. The van der Waals surface area contributed by atoms with E-state index in [0.29, 0.717) is 11.5 Å². The van der Waals surface area contributed by atoms with Crippen molar-refractivity contribution in [2.75, 3.05) is 26.2 Å². The van der Waals surface area contributed by atoms with Crippen LogP contribution in [0.4, 0.5) is 8.78 Å². The summed E-state index contributed by atoms with van der Waals surface area (Å²) in [5.74, 6) is -0.123. The minimum atomic E-state index is -0.337. The highest BCUT2D eigenvalue weighted by Gasteiger charge is 2.35. The number of rotatable bonds is 3. The van der Waals surface area contributed by atoms with Crippen molar-refractivity contribution >= 4 is 12.4 Å². The highest BCUT2D eigenvalue weighted by atomic mass is 35.5. The van der Waals surface area contributed by atoms with Crippen LogP contribution in [-0.2, 0) is 0 Å². The smallest absolute Gasteiger partial charge is 0.128 e. The molecule has 1 aliphatic heterocycles. The van der Waals surface area contributed by atoms with Gasteiger partial charge >= 0.3 is 0 Å². The van der Waals surface area contributed by atoms with Crippen molar-refractivity contribution in [1.29, 1.82) is 0 Å². The molecule has 1 aliphatic carbocycles. The van der Waals surface area contributed by atoms with E-state index >= 15 is 0 Å². The minimum Gasteiger partial charge on any atom is -0.314 e. The van der Waals surface area contributed by atoms with E-state index in [1.807, 2.05) is 0 Å². The maximum absolute atomic E-state index is 14.1. The van der Waals surface area contributed by atoms with Crippen molar-refractivity contribution in [3.8, 4) is 0 Å². The third kappa shape index (κ3) is 3.13. The molecule has 2 aliphatic rings. The first-order valence-corrected chi connectivity index (χ1v) is 7.15. The van der Waals surface area contributed by atoms with Crippen molar-refractivity contribution in [2.45, 2.75) is 25.3 Å². The van der Waals surface area contributed by atoms with E-state index < -0.39 is 0 Å². The van der Waals surface area contributed by atoms with Crippen molar-refractivity contribution in [3.63, 3.8) is 0 Å². The van der Waals surface area contributed by atoms with Gasteiger partial charge in [0, 0.05) is 37.8 Å². The van der Waals surface area contributed by atoms with Crippen LogP contribution >= 0.6 is 12.4 Å². The van der Waals surface area contributed by atoms with Gasteiger partial charge in [-0.3, -0.25) is 4.90 Å². The largest absolute Gasteiger partial charge is 0.314 e. The molecule has 0 radical (unpaired) electrons. The Morgan fingerprint density at radius 2 is 1.85 bits per heavy atom. The summed E-state index contributed by atoms with van der Waals surface area (Å²) in [6.07, 6.45) is 3.47. The van der Waals surface area contributed by atoms with Crippen molar-refractivity contribution in [2.24, 2.45) is 5.92 Å². The number of piperazine rings is 1. The van der Waals surface area contributed by atoms with Crippen molar-refractivity contribution < 1.29 is 8.78 Å². The fraction of sp³-hybridized carbons (Fsp3) is 0.600. The molecule has 5 heteroatoms. The normalized spacial score (nSPS) is 21.9. The lowest BCUT2D eigenvalue weighted by Crippen LogP contribution is -2.48. The lowest BCUT2D eigenvalue weighted by Gasteiger charge is -2.43. The molecule has 112 valence electrons. The van der Waals surface area contributed by atoms with E-state index in [1.165, 1.54) is 24.6 Å². The first-order chi connectivity index (χ1) is 9.25. The molecule has 1 atom stereocenters. The average Bonchev–Trinajstić information content (AvgIpc) is 2.38. The molecule has 0 unspecified atom stereocenters. The molecule has 1 aromatic carbocycles. The van der Waals surface area contributed by atoms with Gasteiger partial charge in [-0.15, -0.1) is 12.4 Å². The molecule has 3 rings (SSSR count). The standard InChI is InChI=1S/C15H20F2N2.ClH/c16-12-4-5-14(17)13(10-12)15(11-2-1-3-11)19-8-6-18-7-9-19;/h4-5,10-11,15,18H,1-3,6-9H2;1H/t15-;/m0./s1. The second-order valence-electron chi connectivity index (χ2n) is 5.59. The Labute approximate surface area is 124 Å². The molecule has 1 saturated heterocycles. The Balaban J connectivity index is 0.00000147. The number of nitrogens with one attached hydrogen (secondary N) is 1. The molecule has 1 N–H and O–H groups in total. The average molecular weight is 303 g/mol. The zero-order valence-electron chi connectivity index (χ0n) is 11.4. The van der Waals surface area contributed by atoms with Crippen LogP contribution < -0.4 is 5.32 Å². The van der Waals surface area contributed by atoms with Crippen LogP contribution in [0.15, 0.2) is 18.2 Å². The summed E-state index contributed by atoms with van der Waals surface area (Å²) < 4.78 is 27.5. The summed E-state index contributed by atoms with van der Waals surface area (Å²) in [6.45, 7) is 3.69. The third-order valence-corrected chi connectivity index (χ3v) is 4.42. The number of hydrogen-bond donors (Lipinski definition) is 1. The van der Waals surface area contributed by atoms with Gasteiger partial charge in [0.15, 0.2) is 0 Å². The van der Waals surface area contributed by atoms with Crippen LogP contribution in [0.5, 0.6) is 0 Å². The van der Waals surface area contributed by atoms with Gasteiger partial charge in [0.2, 0.25) is 0 Å². The molecule has 1 saturated carbocycles. The molecule has 0 bridgehead atoms. The minimum absolute atomic E-state index is 0. The SMILES string of the molecule is Cl.Fc1ccc(F)c([C@H](C2CCC2)N2CCNCC2)c1. The number of benzene rings is 1. The van der Waals surface area contributed by atoms with Crippen LogP contribution in [0.2, 0.25) is 0 Å². The lowest BCUT2D eigenvalue weighted by molar-refractivity contribution is 0.0809. The number of hydrogen-bond acceptors (Lipinski definition) is 2. The topological polar surface area (TPSA) is 15.3 Å². The van der Waals surface area contributed by atoms with Gasteiger partial charge in [-0.1, -0.05) is 6.42 Å². The lowest BCUT2D eigenvalue weighted by atomic mass is 9.76. The van der Waals surface area contributed by atoms with Crippen molar-refractivity contribution in [1.82, 2.24) is 10.2 Å². The van der Waals surface area contributed by atoms with Crippen molar-refractivity contribution in [3.05, 3.63) is 35.4 Å². The highest BCUT2D eigenvalue weighted by molar-refractivity contribution is 5.85. The van der Waals surface area contributed by atoms with E-state index in [1.54, 1.807) is 0 Å². The van der Waals surface area contributed by atoms with E-state index in [-0.39, 0.29) is 30.1 Å². The second kappa shape index (κ2) is 6.83. The maximum Gasteiger partial charge on any atom is 0.128 e. The number of halogens is 3. The van der Waals surface area contributed by atoms with E-state index in [2.05, 4.69) is 10.2 Å². The predicted molar refractivity (Wildman–Crippen MR) is 78.1 cm³/mol. The van der Waals surface area contributed by atoms with E-state index in [9.17, 15) is 8.78 Å². The zero-order chi connectivity index (χ0) is 13.2. The molecule has 1 heterocycles. The van der Waals surface area contributed by atoms with Crippen LogP contribution in [0, 0.1) is 17.6 Å². The fourth-order valence-electron chi connectivity index (χ4n) is 3.21. The fourth-order valence-corrected chi connectivity index (χ4v) is 3.21. The van der Waals surface area contributed by atoms with E-state index in [0.717, 1.165) is 39.0 Å². The summed E-state index contributed by atoms with van der Waals surface area (Å²) in [5, 5.41) is 3.31. The Morgan fingerprint density at radius 3 is 2.45 bits per heavy atom. The van der Waals surface area contributed by atoms with Gasteiger partial charge in [0.05, 0.1) is 0 Å². The molecular weight excluding hydrogens is 282 g/mol. The highest BCUT2D eigenvalue weighted by Crippen LogP contribution is 2.42. The van der Waals surface area contributed by atoms with Crippen LogP contribution in [0.25, 0.3) is 0 Å². The molecule has 1 aromatic rings. The zero-order valence-corrected chi connectivity index (χ0v) is 12.3. The molecule has 0 spiro atoms. The van der Waals surface area contributed by atoms with Crippen LogP contribution in [0.1, 0.15) is 30.9 Å². The molecule has 2 nitrogen and oxygen atoms in total. The van der Waals surface area contributed by atoms with Gasteiger partial charge in [0.1, 0.15) is 11.6 Å². The Hall–Kier alpha value is -0.710. The quantitative estimate of drug-likeness (QED) is 0.923. The Bertz CT molecular complexity index is 445. The summed E-state index contributed by atoms with van der Waals surface area (Å²) in [4.78, 5) is 2.32. The molecule has 0 amide bonds. The molecule has 0 aromatic heterocycles. The molecule has 2 fully saturated rings. The first-order valence-electron chi connectivity index (χ1n) is 7.15. The predicted octanol–water partition coefficient (Wildman–Crippen LogP) is 3.13. The molecule has 20 heavy (non-hydrogen) atoms. The monoisotopic (exact) mass is 302 g/mol. The Morgan fingerprint density at radius 1 is 1.15 bits per heavy atom. The summed E-state index contributed by atoms with van der Waals surface area (Å²) in [6, 6.07) is 3.90. The summed E-state index contributed by atoms with van der Waals surface area (Å²) >= 11 is 0. The maximum atomic E-state index is 14.1. The second-order valence-corrected chi connectivity index (χ2v) is 5.59. The van der Waals surface area contributed by atoms with Crippen LogP contribution in [-0.4, -0.2) is 31.1 Å². The van der Waals surface area contributed by atoms with Gasteiger partial charge in [-0.2, -0.15) is 0 Å². The summed E-state index contributed by atoms with van der Waals surface area (Å²) in [5.41, 5.74) is 0.548. The molecular formula is C15H21ClF2N2. The van der Waals surface area contributed by atoms with Gasteiger partial charge < -0.3 is 5.32 Å². The van der Waals surface area contributed by atoms with Gasteiger partial charge in [-0.25, -0.2) is 8.78 Å². The third-order valence-electron chi connectivity index (χ3n) is 4.42. The van der Waals surface area contributed by atoms with Gasteiger partial charge in [0.25, 0.3) is 0 Å². The van der Waals surface area contributed by atoms with E-state index in [4.69, 9.17) is 0 Å². The summed E-state index contributed by atoms with van der Waals surface area (Å²) in [7, 11) is 0. The van der Waals surface area contributed by atoms with Gasteiger partial charge in [-0.05, 0) is 37.0 Å². The Kier molecular flexibility index (Phi) is 5.35.